The minimum atomic E-state index is -1.35. The molecular formula is C27H24F3N5O4. The van der Waals surface area contributed by atoms with Gasteiger partial charge in [-0.3, -0.25) is 19.0 Å². The molecule has 3 aliphatic rings. The topological polar surface area (TPSA) is 99.0 Å². The maximum Gasteiger partial charge on any atom is 0.278 e. The molecule has 0 unspecified atom stereocenters. The van der Waals surface area contributed by atoms with Crippen LogP contribution in [0.2, 0.25) is 0 Å². The summed E-state index contributed by atoms with van der Waals surface area (Å²) in [4.78, 5) is 48.4. The first-order valence-corrected chi connectivity index (χ1v) is 12.4. The number of phenols is 1. The van der Waals surface area contributed by atoms with Crippen LogP contribution in [0.3, 0.4) is 0 Å². The van der Waals surface area contributed by atoms with E-state index in [1.165, 1.54) is 24.1 Å². The highest BCUT2D eigenvalue weighted by Gasteiger charge is 2.48. The summed E-state index contributed by atoms with van der Waals surface area (Å²) in [5.74, 6) is -3.26. The van der Waals surface area contributed by atoms with Crippen LogP contribution in [0.1, 0.15) is 19.4 Å². The van der Waals surface area contributed by atoms with E-state index in [0.29, 0.717) is 0 Å². The molecule has 2 aromatic heterocycles. The van der Waals surface area contributed by atoms with Gasteiger partial charge in [0.2, 0.25) is 5.91 Å². The van der Waals surface area contributed by atoms with Crippen molar-refractivity contribution in [2.75, 3.05) is 29.9 Å². The van der Waals surface area contributed by atoms with Crippen LogP contribution in [-0.4, -0.2) is 69.8 Å². The Morgan fingerprint density at radius 3 is 2.54 bits per heavy atom. The van der Waals surface area contributed by atoms with Crippen molar-refractivity contribution in [1.29, 1.82) is 0 Å². The summed E-state index contributed by atoms with van der Waals surface area (Å²) < 4.78 is 45.9. The van der Waals surface area contributed by atoms with E-state index in [4.69, 9.17) is 0 Å². The molecule has 1 aromatic carbocycles. The molecule has 9 nitrogen and oxygen atoms in total. The molecule has 12 heteroatoms. The summed E-state index contributed by atoms with van der Waals surface area (Å²) in [5, 5.41) is 10.4. The van der Waals surface area contributed by atoms with Gasteiger partial charge in [-0.05, 0) is 31.2 Å². The Morgan fingerprint density at radius 2 is 1.90 bits per heavy atom. The lowest BCUT2D eigenvalue weighted by atomic mass is 9.98. The second kappa shape index (κ2) is 8.58. The summed E-state index contributed by atoms with van der Waals surface area (Å²) in [6.45, 7) is 5.44. The lowest BCUT2D eigenvalue weighted by Crippen LogP contribution is -2.66. The van der Waals surface area contributed by atoms with Gasteiger partial charge in [0.15, 0.2) is 5.82 Å². The number of pyridine rings is 2. The number of likely N-dealkylation sites (N-methyl/N-ethyl adjacent to an activating group) is 1. The summed E-state index contributed by atoms with van der Waals surface area (Å²) in [6.07, 6.45) is -0.174. The Morgan fingerprint density at radius 1 is 1.18 bits per heavy atom. The van der Waals surface area contributed by atoms with Crippen LogP contribution in [0.15, 0.2) is 41.7 Å². The van der Waals surface area contributed by atoms with Crippen LogP contribution in [0, 0.1) is 11.6 Å². The lowest BCUT2D eigenvalue weighted by molar-refractivity contribution is -0.130. The van der Waals surface area contributed by atoms with Crippen molar-refractivity contribution in [1.82, 2.24) is 14.5 Å². The van der Waals surface area contributed by atoms with Crippen LogP contribution in [0.4, 0.5) is 24.5 Å². The zero-order valence-electron chi connectivity index (χ0n) is 21.1. The van der Waals surface area contributed by atoms with Gasteiger partial charge in [0, 0.05) is 31.4 Å². The number of halogens is 3. The molecule has 1 N–H and O–H groups in total. The van der Waals surface area contributed by atoms with Gasteiger partial charge >= 0.3 is 0 Å². The molecule has 2 aliphatic heterocycles. The summed E-state index contributed by atoms with van der Waals surface area (Å²) in [6, 6.07) is 2.37. The monoisotopic (exact) mass is 539 g/mol. The molecule has 0 radical (unpaired) electrons. The Labute approximate surface area is 220 Å². The van der Waals surface area contributed by atoms with Crippen LogP contribution in [0.5, 0.6) is 5.75 Å². The number of piperazine rings is 1. The van der Waals surface area contributed by atoms with Crippen molar-refractivity contribution in [3.8, 4) is 17.0 Å². The number of hydrogen-bond donors (Lipinski definition) is 1. The molecule has 2 amide bonds. The van der Waals surface area contributed by atoms with Crippen molar-refractivity contribution in [3.63, 3.8) is 0 Å². The van der Waals surface area contributed by atoms with Gasteiger partial charge in [-0.25, -0.2) is 18.2 Å². The fourth-order valence-corrected chi connectivity index (χ4v) is 5.71. The molecule has 1 aliphatic carbocycles. The number of hydrogen-bond acceptors (Lipinski definition) is 6. The van der Waals surface area contributed by atoms with Crippen LogP contribution < -0.4 is 15.4 Å². The summed E-state index contributed by atoms with van der Waals surface area (Å²) >= 11 is 0. The number of nitrogens with zero attached hydrogens (tertiary/aromatic N) is 5. The van der Waals surface area contributed by atoms with Crippen LogP contribution >= 0.6 is 0 Å². The molecule has 1 saturated carbocycles. The number of aromatic nitrogens is 2. The van der Waals surface area contributed by atoms with E-state index in [9.17, 15) is 28.3 Å². The number of alkyl halides is 1. The Bertz CT molecular complexity index is 1640. The second-order valence-electron chi connectivity index (χ2n) is 10.1. The van der Waals surface area contributed by atoms with Crippen molar-refractivity contribution < 1.29 is 27.9 Å². The second-order valence-corrected chi connectivity index (χ2v) is 10.1. The number of carbonyl (C=O) groups excluding carboxylic acids is 2. The third kappa shape index (κ3) is 3.53. The first kappa shape index (κ1) is 25.0. The van der Waals surface area contributed by atoms with E-state index in [1.54, 1.807) is 11.8 Å². The maximum absolute atomic E-state index is 15.7. The third-order valence-corrected chi connectivity index (χ3v) is 7.76. The van der Waals surface area contributed by atoms with Crippen molar-refractivity contribution in [2.24, 2.45) is 0 Å². The van der Waals surface area contributed by atoms with E-state index in [2.05, 4.69) is 11.6 Å². The molecule has 6 rings (SSSR count). The lowest BCUT2D eigenvalue weighted by Gasteiger charge is -2.49. The fraction of sp³-hybridized carbons (Fsp3) is 0.333. The number of rotatable bonds is 3. The average molecular weight is 540 g/mol. The third-order valence-electron chi connectivity index (χ3n) is 7.76. The van der Waals surface area contributed by atoms with E-state index in [-0.39, 0.29) is 53.9 Å². The zero-order valence-corrected chi connectivity index (χ0v) is 21.1. The molecule has 2 fully saturated rings. The number of carbonyl (C=O) groups is 2. The van der Waals surface area contributed by atoms with Gasteiger partial charge in [0.25, 0.3) is 11.5 Å². The molecule has 4 atom stereocenters. The van der Waals surface area contributed by atoms with Crippen molar-refractivity contribution >= 4 is 34.2 Å². The first-order valence-electron chi connectivity index (χ1n) is 12.4. The fourth-order valence-electron chi connectivity index (χ4n) is 5.71. The molecule has 3 aromatic rings. The van der Waals surface area contributed by atoms with Crippen LogP contribution in [-0.2, 0) is 9.59 Å². The number of amides is 2. The van der Waals surface area contributed by atoms with Gasteiger partial charge in [-0.2, -0.15) is 0 Å². The molecule has 1 saturated heterocycles. The molecule has 202 valence electrons. The van der Waals surface area contributed by atoms with E-state index in [0.717, 1.165) is 27.7 Å². The maximum atomic E-state index is 15.7. The normalized spacial score (nSPS) is 24.0. The standard InChI is InChI=1S/C27H24F3N5O4/c1-4-20(37)33-11-18-26(38)32(3)24-23(34(18)10-12(33)2)13-8-16(30)22(21-14(28)6-5-7-19(21)36)31-25(13)35(27(24)39)17-9-15(17)29/h4-8,12,15,17-18,36H,1,9-11H2,2-3H3/t12-,15+,17-,18-/m1/s1. The zero-order chi connectivity index (χ0) is 27.9. The minimum Gasteiger partial charge on any atom is -0.507 e. The molecule has 0 spiro atoms. The predicted molar refractivity (Wildman–Crippen MR) is 137 cm³/mol. The first-order chi connectivity index (χ1) is 18.5. The highest BCUT2D eigenvalue weighted by molar-refractivity contribution is 6.11. The van der Waals surface area contributed by atoms with Crippen molar-refractivity contribution in [3.05, 3.63) is 58.9 Å². The predicted octanol–water partition coefficient (Wildman–Crippen LogP) is 2.90. The highest BCUT2D eigenvalue weighted by atomic mass is 19.1. The number of aromatic hydroxyl groups is 1. The van der Waals surface area contributed by atoms with E-state index in [1.807, 2.05) is 0 Å². The summed E-state index contributed by atoms with van der Waals surface area (Å²) in [5.41, 5.74) is -1.65. The number of benzene rings is 1. The molecule has 39 heavy (non-hydrogen) atoms. The molecule has 0 bridgehead atoms. The Hall–Kier alpha value is -4.35. The highest BCUT2D eigenvalue weighted by Crippen LogP contribution is 2.46. The quantitative estimate of drug-likeness (QED) is 0.514. The van der Waals surface area contributed by atoms with Crippen LogP contribution in [0.25, 0.3) is 22.3 Å². The van der Waals surface area contributed by atoms with E-state index >= 15 is 4.39 Å². The van der Waals surface area contributed by atoms with Crippen molar-refractivity contribution in [2.45, 2.75) is 37.6 Å². The Balaban J connectivity index is 1.65. The van der Waals surface area contributed by atoms with Gasteiger partial charge in [-0.1, -0.05) is 12.6 Å². The number of phenolic OH excluding ortho intramolecular Hbond substituents is 1. The van der Waals surface area contributed by atoms with Gasteiger partial charge in [0.05, 0.1) is 23.8 Å². The number of anilines is 2. The Kier molecular flexibility index (Phi) is 5.49. The SMILES string of the molecule is C=CC(=O)N1C[C@@H]2C(=O)N(C)c3c(c4cc(F)c(-c5c(O)cccc5F)nc4n([C@@H]4C[C@@H]4F)c3=O)N2C[C@H]1C. The average Bonchev–Trinajstić information content (AvgIpc) is 3.62. The minimum absolute atomic E-state index is 0.00544. The number of fused-ring (bicyclic) bond motifs is 5. The smallest absolute Gasteiger partial charge is 0.278 e. The van der Waals surface area contributed by atoms with Gasteiger partial charge in [-0.15, -0.1) is 0 Å². The van der Waals surface area contributed by atoms with Gasteiger partial charge < -0.3 is 19.8 Å². The summed E-state index contributed by atoms with van der Waals surface area (Å²) in [7, 11) is 1.41. The molecule has 4 heterocycles. The van der Waals surface area contributed by atoms with E-state index < -0.39 is 58.4 Å². The van der Waals surface area contributed by atoms with Gasteiger partial charge in [0.1, 0.15) is 40.8 Å². The largest absolute Gasteiger partial charge is 0.507 e. The molecular weight excluding hydrogens is 515 g/mol.